The first-order valence-electron chi connectivity index (χ1n) is 16.8. The van der Waals surface area contributed by atoms with Crippen LogP contribution < -0.4 is 10.6 Å². The molecule has 4 atom stereocenters. The molecular weight excluding hydrogens is 608 g/mol. The van der Waals surface area contributed by atoms with E-state index in [1.54, 1.807) is 0 Å². The van der Waals surface area contributed by atoms with Crippen molar-refractivity contribution in [2.45, 2.75) is 83.7 Å². The summed E-state index contributed by atoms with van der Waals surface area (Å²) in [6.07, 6.45) is 11.2. The summed E-state index contributed by atoms with van der Waals surface area (Å²) in [6, 6.07) is 0. The van der Waals surface area contributed by atoms with Crippen LogP contribution in [0.3, 0.4) is 0 Å². The highest BCUT2D eigenvalue weighted by atomic mass is 35.5. The molecule has 0 spiro atoms. The molecule has 0 heterocycles. The van der Waals surface area contributed by atoms with E-state index in [-0.39, 0.29) is 51.0 Å². The third-order valence-corrected chi connectivity index (χ3v) is 8.24. The number of amides is 2. The van der Waals surface area contributed by atoms with E-state index in [0.717, 1.165) is 63.4 Å². The van der Waals surface area contributed by atoms with E-state index in [4.69, 9.17) is 44.8 Å². The lowest BCUT2D eigenvalue weighted by molar-refractivity contribution is -0.149. The van der Waals surface area contributed by atoms with Crippen molar-refractivity contribution < 1.29 is 47.5 Å². The first-order chi connectivity index (χ1) is 22.0. The average Bonchev–Trinajstić information content (AvgIpc) is 3.75. The molecule has 13 heteroatoms. The Morgan fingerprint density at radius 2 is 1.27 bits per heavy atom. The Morgan fingerprint density at radius 1 is 0.667 bits per heavy atom. The molecule has 2 N–H and O–H groups in total. The molecule has 0 aromatic rings. The van der Waals surface area contributed by atoms with Gasteiger partial charge in [0.2, 0.25) is 0 Å². The molecule has 12 nitrogen and oxygen atoms in total. The van der Waals surface area contributed by atoms with E-state index in [1.165, 1.54) is 32.6 Å². The van der Waals surface area contributed by atoms with Gasteiger partial charge in [0.15, 0.2) is 0 Å². The fourth-order valence-electron chi connectivity index (χ4n) is 5.50. The highest BCUT2D eigenvalue weighted by Gasteiger charge is 2.40. The molecule has 2 rings (SSSR count). The summed E-state index contributed by atoms with van der Waals surface area (Å²) < 4.78 is 37.6. The number of hydrogen-bond acceptors (Lipinski definition) is 10. The number of hydrogen-bond donors (Lipinski definition) is 2. The summed E-state index contributed by atoms with van der Waals surface area (Å²) in [4.78, 5) is 35.6. The van der Waals surface area contributed by atoms with Crippen LogP contribution in [-0.2, 0) is 38.0 Å². The number of fused-ring (bicyclic) bond motifs is 1. The van der Waals surface area contributed by atoms with Gasteiger partial charge in [-0.15, -0.1) is 11.6 Å². The summed E-state index contributed by atoms with van der Waals surface area (Å²) in [5.41, 5.74) is 0. The topological polar surface area (TPSA) is 140 Å². The van der Waals surface area contributed by atoms with Crippen LogP contribution in [0.15, 0.2) is 0 Å². The van der Waals surface area contributed by atoms with Gasteiger partial charge in [0.1, 0.15) is 19.3 Å². The molecule has 2 fully saturated rings. The molecule has 0 aromatic carbocycles. The molecule has 0 radical (unpaired) electrons. The summed E-state index contributed by atoms with van der Waals surface area (Å²) in [5, 5.41) is 5.37. The maximum atomic E-state index is 12.2. The highest BCUT2D eigenvalue weighted by Crippen LogP contribution is 2.48. The molecule has 2 aliphatic rings. The van der Waals surface area contributed by atoms with Gasteiger partial charge in [0, 0.05) is 26.0 Å². The zero-order valence-electron chi connectivity index (χ0n) is 27.2. The van der Waals surface area contributed by atoms with Crippen LogP contribution in [0.4, 0.5) is 9.59 Å². The zero-order chi connectivity index (χ0) is 32.4. The number of unbranched alkanes of at least 4 members (excludes halogenated alkanes) is 3. The second-order valence-corrected chi connectivity index (χ2v) is 12.0. The minimum Gasteiger partial charge on any atom is -0.460 e. The number of carbonyl (C=O) groups excluding carboxylic acids is 3. The van der Waals surface area contributed by atoms with E-state index in [1.807, 2.05) is 0 Å². The predicted octanol–water partition coefficient (Wildman–Crippen LogP) is 4.84. The lowest BCUT2D eigenvalue weighted by Gasteiger charge is -2.27. The lowest BCUT2D eigenvalue weighted by Crippen LogP contribution is -2.40. The van der Waals surface area contributed by atoms with Crippen LogP contribution in [0.25, 0.3) is 0 Å². The quantitative estimate of drug-likeness (QED) is 0.0603. The third kappa shape index (κ3) is 21.5. The van der Waals surface area contributed by atoms with Crippen molar-refractivity contribution in [2.75, 3.05) is 85.0 Å². The van der Waals surface area contributed by atoms with Crippen LogP contribution in [0.2, 0.25) is 0 Å². The van der Waals surface area contributed by atoms with Crippen molar-refractivity contribution >= 4 is 29.8 Å². The Bertz CT molecular complexity index is 793. The number of alkyl carbamates (subject to hydrolysis) is 2. The molecule has 2 amide bonds. The van der Waals surface area contributed by atoms with Gasteiger partial charge in [0.25, 0.3) is 0 Å². The molecule has 0 bridgehead atoms. The molecule has 2 aliphatic carbocycles. The highest BCUT2D eigenvalue weighted by molar-refractivity contribution is 6.17. The van der Waals surface area contributed by atoms with Crippen LogP contribution in [-0.4, -0.2) is 109 Å². The Morgan fingerprint density at radius 3 is 1.96 bits per heavy atom. The minimum absolute atomic E-state index is 0.0900. The van der Waals surface area contributed by atoms with Crippen molar-refractivity contribution in [3.63, 3.8) is 0 Å². The van der Waals surface area contributed by atoms with Gasteiger partial charge >= 0.3 is 18.2 Å². The largest absolute Gasteiger partial charge is 0.460 e. The number of nitrogens with one attached hydrogen (secondary N) is 2. The SMILES string of the molecule is CC(=O)OC(CNC(=O)OCCOCCOCCOC(=O)NCCOCCOCCCCCCCl)C1CCCCCC2CC2C1. The Balaban J connectivity index is 1.36. The smallest absolute Gasteiger partial charge is 0.407 e. The monoisotopic (exact) mass is 664 g/mol. The van der Waals surface area contributed by atoms with Crippen molar-refractivity contribution in [1.29, 1.82) is 0 Å². The van der Waals surface area contributed by atoms with E-state index < -0.39 is 12.2 Å². The fourth-order valence-corrected chi connectivity index (χ4v) is 5.69. The number of esters is 1. The van der Waals surface area contributed by atoms with E-state index in [0.29, 0.717) is 45.5 Å². The standard InChI is InChI=1S/C32H57ClN2O10/c1-26(36)45-30(28-10-6-4-5-9-27-23-29(27)24-28)25-35-32(38)44-22-20-42-18-17-41-19-21-43-31(37)34-12-14-40-16-15-39-13-8-3-2-7-11-33/h27-30H,2-25H2,1H3,(H,34,37)(H,35,38). The summed E-state index contributed by atoms with van der Waals surface area (Å²) in [6.45, 7) is 5.40. The Hall–Kier alpha value is -1.86. The van der Waals surface area contributed by atoms with E-state index in [2.05, 4.69) is 10.6 Å². The molecular formula is C32H57ClN2O10. The molecule has 45 heavy (non-hydrogen) atoms. The van der Waals surface area contributed by atoms with Gasteiger partial charge in [-0.1, -0.05) is 38.5 Å². The Kier molecular flexibility index (Phi) is 22.9. The second kappa shape index (κ2) is 26.2. The summed E-state index contributed by atoms with van der Waals surface area (Å²) >= 11 is 5.64. The predicted molar refractivity (Wildman–Crippen MR) is 170 cm³/mol. The number of halogens is 1. The second-order valence-electron chi connectivity index (χ2n) is 11.7. The maximum Gasteiger partial charge on any atom is 0.407 e. The number of ether oxygens (including phenoxy) is 7. The van der Waals surface area contributed by atoms with Crippen molar-refractivity contribution in [3.05, 3.63) is 0 Å². The molecule has 262 valence electrons. The van der Waals surface area contributed by atoms with Gasteiger partial charge in [-0.25, -0.2) is 9.59 Å². The normalized spacial score (nSPS) is 20.1. The van der Waals surface area contributed by atoms with Crippen molar-refractivity contribution in [1.82, 2.24) is 10.6 Å². The molecule has 2 saturated carbocycles. The number of alkyl halides is 1. The van der Waals surface area contributed by atoms with E-state index >= 15 is 0 Å². The first kappa shape index (κ1) is 39.3. The van der Waals surface area contributed by atoms with Crippen LogP contribution in [0, 0.1) is 17.8 Å². The number of rotatable bonds is 25. The van der Waals surface area contributed by atoms with Gasteiger partial charge in [-0.05, 0) is 49.9 Å². The van der Waals surface area contributed by atoms with Gasteiger partial charge < -0.3 is 43.8 Å². The van der Waals surface area contributed by atoms with Gasteiger partial charge in [-0.2, -0.15) is 0 Å². The Labute approximate surface area is 274 Å². The first-order valence-corrected chi connectivity index (χ1v) is 17.4. The van der Waals surface area contributed by atoms with Gasteiger partial charge in [-0.3, -0.25) is 4.79 Å². The average molecular weight is 665 g/mol. The zero-order valence-corrected chi connectivity index (χ0v) is 28.0. The lowest BCUT2D eigenvalue weighted by atomic mass is 9.90. The van der Waals surface area contributed by atoms with Crippen LogP contribution >= 0.6 is 11.6 Å². The molecule has 0 aliphatic heterocycles. The minimum atomic E-state index is -0.560. The van der Waals surface area contributed by atoms with Gasteiger partial charge in [0.05, 0.1) is 52.8 Å². The van der Waals surface area contributed by atoms with Crippen molar-refractivity contribution in [3.8, 4) is 0 Å². The fraction of sp³-hybridized carbons (Fsp3) is 0.906. The summed E-state index contributed by atoms with van der Waals surface area (Å²) in [7, 11) is 0. The molecule has 4 unspecified atom stereocenters. The summed E-state index contributed by atoms with van der Waals surface area (Å²) in [5.74, 6) is 2.20. The van der Waals surface area contributed by atoms with E-state index in [9.17, 15) is 14.4 Å². The van der Waals surface area contributed by atoms with Crippen LogP contribution in [0.5, 0.6) is 0 Å². The third-order valence-electron chi connectivity index (χ3n) is 7.97. The molecule has 0 saturated heterocycles. The van der Waals surface area contributed by atoms with Crippen molar-refractivity contribution in [2.24, 2.45) is 17.8 Å². The molecule has 0 aromatic heterocycles. The van der Waals surface area contributed by atoms with Crippen LogP contribution in [0.1, 0.15) is 77.6 Å². The number of carbonyl (C=O) groups is 3. The maximum absolute atomic E-state index is 12.2.